The third-order valence-corrected chi connectivity index (χ3v) is 6.65. The Balaban J connectivity index is 1.28. The van der Waals surface area contributed by atoms with Crippen molar-refractivity contribution in [2.45, 2.75) is 44.8 Å². The summed E-state index contributed by atoms with van der Waals surface area (Å²) in [5, 5.41) is 9.98. The Labute approximate surface area is 168 Å². The van der Waals surface area contributed by atoms with E-state index in [0.29, 0.717) is 19.6 Å². The van der Waals surface area contributed by atoms with Crippen LogP contribution in [0.3, 0.4) is 0 Å². The molecular weight excluding hydrogens is 370 g/mol. The predicted molar refractivity (Wildman–Crippen MR) is 109 cm³/mol. The number of carbonyl (C=O) groups is 1. The van der Waals surface area contributed by atoms with E-state index in [1.807, 2.05) is 22.9 Å². The average Bonchev–Trinajstić information content (AvgIpc) is 3.44. The highest BCUT2D eigenvalue weighted by molar-refractivity contribution is 7.10. The zero-order chi connectivity index (χ0) is 18.9. The zero-order valence-electron chi connectivity index (χ0n) is 15.7. The quantitative estimate of drug-likeness (QED) is 0.718. The van der Waals surface area contributed by atoms with Crippen molar-refractivity contribution in [1.29, 1.82) is 0 Å². The molecule has 1 atom stereocenters. The topological polar surface area (TPSA) is 56.1 Å². The molecule has 1 aliphatic carbocycles. The molecule has 3 aromatic rings. The van der Waals surface area contributed by atoms with Crippen LogP contribution in [-0.4, -0.2) is 22.3 Å². The van der Waals surface area contributed by atoms with E-state index < -0.39 is 0 Å². The number of carbonyl (C=O) groups excluding carboxylic acids is 1. The minimum atomic E-state index is -0.114. The van der Waals surface area contributed by atoms with Crippen LogP contribution >= 0.6 is 11.3 Å². The molecule has 5 rings (SSSR count). The summed E-state index contributed by atoms with van der Waals surface area (Å²) in [5.74, 6) is 0.0206. The number of ether oxygens (including phenoxy) is 1. The maximum atomic E-state index is 12.6. The fourth-order valence-corrected chi connectivity index (χ4v) is 5.24. The molecule has 0 unspecified atom stereocenters. The zero-order valence-corrected chi connectivity index (χ0v) is 16.5. The number of nitrogens with one attached hydrogen (secondary N) is 1. The van der Waals surface area contributed by atoms with Crippen LogP contribution < -0.4 is 5.32 Å². The number of para-hydroxylation sites is 1. The number of amides is 1. The van der Waals surface area contributed by atoms with Crippen molar-refractivity contribution in [2.75, 3.05) is 6.61 Å². The van der Waals surface area contributed by atoms with Gasteiger partial charge in [-0.1, -0.05) is 18.2 Å². The average molecular weight is 394 g/mol. The van der Waals surface area contributed by atoms with Gasteiger partial charge in [0.1, 0.15) is 6.10 Å². The molecule has 0 radical (unpaired) electrons. The standard InChI is InChI=1S/C22H23N3O2S/c26-21(13-20-22-15(9-11-27-20)10-12-28-22)23-14-18-17-7-4-8-19(17)25(24-18)16-5-2-1-3-6-16/h1-3,5-6,10,12,20H,4,7-9,11,13-14H2,(H,23,26)/t20-/m0/s1. The number of nitrogens with zero attached hydrogens (tertiary/aromatic N) is 2. The first kappa shape index (κ1) is 17.6. The van der Waals surface area contributed by atoms with Crippen LogP contribution in [0, 0.1) is 0 Å². The van der Waals surface area contributed by atoms with Crippen molar-refractivity contribution >= 4 is 17.2 Å². The van der Waals surface area contributed by atoms with Crippen molar-refractivity contribution in [1.82, 2.24) is 15.1 Å². The van der Waals surface area contributed by atoms with E-state index >= 15 is 0 Å². The summed E-state index contributed by atoms with van der Waals surface area (Å²) in [5.41, 5.74) is 5.99. The van der Waals surface area contributed by atoms with Crippen molar-refractivity contribution in [3.63, 3.8) is 0 Å². The summed E-state index contributed by atoms with van der Waals surface area (Å²) < 4.78 is 7.90. The highest BCUT2D eigenvalue weighted by atomic mass is 32.1. The van der Waals surface area contributed by atoms with Gasteiger partial charge in [-0.3, -0.25) is 4.79 Å². The van der Waals surface area contributed by atoms with Crippen LogP contribution in [0.5, 0.6) is 0 Å². The molecule has 0 spiro atoms. The molecule has 28 heavy (non-hydrogen) atoms. The Morgan fingerprint density at radius 3 is 3.00 bits per heavy atom. The molecule has 1 amide bonds. The maximum Gasteiger partial charge on any atom is 0.223 e. The lowest BCUT2D eigenvalue weighted by atomic mass is 10.1. The van der Waals surface area contributed by atoms with E-state index in [1.165, 1.54) is 21.7 Å². The number of fused-ring (bicyclic) bond motifs is 2. The van der Waals surface area contributed by atoms with E-state index in [0.717, 1.165) is 37.1 Å². The molecule has 0 fully saturated rings. The Kier molecular flexibility index (Phi) is 4.74. The van der Waals surface area contributed by atoms with Crippen molar-refractivity contribution < 1.29 is 9.53 Å². The molecular formula is C22H23N3O2S. The predicted octanol–water partition coefficient (Wildman–Crippen LogP) is 3.74. The Bertz CT molecular complexity index is 993. The Hall–Kier alpha value is -2.44. The Morgan fingerprint density at radius 2 is 2.11 bits per heavy atom. The lowest BCUT2D eigenvalue weighted by Crippen LogP contribution is -2.27. The number of benzene rings is 1. The second kappa shape index (κ2) is 7.53. The number of hydrogen-bond donors (Lipinski definition) is 1. The first-order valence-electron chi connectivity index (χ1n) is 9.89. The van der Waals surface area contributed by atoms with Crippen molar-refractivity contribution in [3.05, 3.63) is 69.2 Å². The van der Waals surface area contributed by atoms with Gasteiger partial charge in [0.15, 0.2) is 0 Å². The van der Waals surface area contributed by atoms with Crippen LogP contribution in [0.2, 0.25) is 0 Å². The number of aromatic nitrogens is 2. The summed E-state index contributed by atoms with van der Waals surface area (Å²) in [6.07, 6.45) is 4.43. The molecule has 1 N–H and O–H groups in total. The van der Waals surface area contributed by atoms with E-state index in [2.05, 4.69) is 28.9 Å². The van der Waals surface area contributed by atoms with E-state index in [-0.39, 0.29) is 12.0 Å². The molecule has 0 bridgehead atoms. The van der Waals surface area contributed by atoms with Gasteiger partial charge in [-0.15, -0.1) is 11.3 Å². The molecule has 144 valence electrons. The monoisotopic (exact) mass is 393 g/mol. The largest absolute Gasteiger partial charge is 0.372 e. The van der Waals surface area contributed by atoms with E-state index in [4.69, 9.17) is 9.84 Å². The molecule has 6 heteroatoms. The smallest absolute Gasteiger partial charge is 0.223 e. The first-order valence-corrected chi connectivity index (χ1v) is 10.8. The molecule has 2 aromatic heterocycles. The third kappa shape index (κ3) is 3.27. The number of hydrogen-bond acceptors (Lipinski definition) is 4. The van der Waals surface area contributed by atoms with Crippen LogP contribution in [0.15, 0.2) is 41.8 Å². The van der Waals surface area contributed by atoms with Gasteiger partial charge in [-0.25, -0.2) is 4.68 Å². The molecule has 0 saturated heterocycles. The van der Waals surface area contributed by atoms with Crippen LogP contribution in [0.25, 0.3) is 5.69 Å². The van der Waals surface area contributed by atoms with E-state index in [9.17, 15) is 4.79 Å². The SMILES string of the molecule is O=C(C[C@@H]1OCCc2ccsc21)NCc1nn(-c2ccccc2)c2c1CCC2. The summed E-state index contributed by atoms with van der Waals surface area (Å²) in [4.78, 5) is 13.8. The molecule has 1 aliphatic heterocycles. The van der Waals surface area contributed by atoms with Gasteiger partial charge in [0.05, 0.1) is 31.0 Å². The Morgan fingerprint density at radius 1 is 1.21 bits per heavy atom. The fraction of sp³-hybridized carbons (Fsp3) is 0.364. The summed E-state index contributed by atoms with van der Waals surface area (Å²) in [6, 6.07) is 12.4. The molecule has 0 saturated carbocycles. The number of thiophene rings is 1. The van der Waals surface area contributed by atoms with Crippen LogP contribution in [0.4, 0.5) is 0 Å². The fourth-order valence-electron chi connectivity index (χ4n) is 4.24. The van der Waals surface area contributed by atoms with Crippen LogP contribution in [0.1, 0.15) is 46.3 Å². The molecule has 2 aliphatic rings. The van der Waals surface area contributed by atoms with Crippen LogP contribution in [-0.2, 0) is 35.3 Å². The normalized spacial score (nSPS) is 17.9. The molecule has 3 heterocycles. The summed E-state index contributed by atoms with van der Waals surface area (Å²) >= 11 is 1.69. The lowest BCUT2D eigenvalue weighted by molar-refractivity contribution is -0.124. The van der Waals surface area contributed by atoms with Gasteiger partial charge in [0.2, 0.25) is 5.91 Å². The highest BCUT2D eigenvalue weighted by Crippen LogP contribution is 2.34. The number of rotatable bonds is 5. The van der Waals surface area contributed by atoms with E-state index in [1.54, 1.807) is 11.3 Å². The third-order valence-electron chi connectivity index (χ3n) is 5.60. The summed E-state index contributed by atoms with van der Waals surface area (Å²) in [7, 11) is 0. The summed E-state index contributed by atoms with van der Waals surface area (Å²) in [6.45, 7) is 1.17. The van der Waals surface area contributed by atoms with Gasteiger partial charge >= 0.3 is 0 Å². The van der Waals surface area contributed by atoms with Gasteiger partial charge in [-0.05, 0) is 60.4 Å². The second-order valence-electron chi connectivity index (χ2n) is 7.37. The van der Waals surface area contributed by atoms with Crippen molar-refractivity contribution in [3.8, 4) is 5.69 Å². The highest BCUT2D eigenvalue weighted by Gasteiger charge is 2.26. The minimum Gasteiger partial charge on any atom is -0.372 e. The van der Waals surface area contributed by atoms with Crippen molar-refractivity contribution in [2.24, 2.45) is 0 Å². The maximum absolute atomic E-state index is 12.6. The molecule has 5 nitrogen and oxygen atoms in total. The molecule has 1 aromatic carbocycles. The minimum absolute atomic E-state index is 0.0206. The lowest BCUT2D eigenvalue weighted by Gasteiger charge is -2.22. The van der Waals surface area contributed by atoms with Gasteiger partial charge in [0.25, 0.3) is 0 Å². The second-order valence-corrected chi connectivity index (χ2v) is 8.32. The van der Waals surface area contributed by atoms with Gasteiger partial charge < -0.3 is 10.1 Å². The van der Waals surface area contributed by atoms with Gasteiger partial charge in [0, 0.05) is 10.6 Å². The first-order chi connectivity index (χ1) is 13.8. The van der Waals surface area contributed by atoms with Gasteiger partial charge in [-0.2, -0.15) is 5.10 Å².